The van der Waals surface area contributed by atoms with Crippen LogP contribution in [-0.2, 0) is 0 Å². The molecule has 0 aromatic carbocycles. The fourth-order valence-electron chi connectivity index (χ4n) is 3.17. The van der Waals surface area contributed by atoms with E-state index in [9.17, 15) is 19.1 Å². The second-order valence-corrected chi connectivity index (χ2v) is 7.34. The number of ether oxygens (including phenoxy) is 1. The zero-order valence-corrected chi connectivity index (χ0v) is 16.8. The Labute approximate surface area is 174 Å². The van der Waals surface area contributed by atoms with Gasteiger partial charge in [-0.05, 0) is 12.5 Å². The summed E-state index contributed by atoms with van der Waals surface area (Å²) in [6.07, 6.45) is 3.32. The summed E-state index contributed by atoms with van der Waals surface area (Å²) in [5, 5.41) is 10.1. The van der Waals surface area contributed by atoms with E-state index in [4.69, 9.17) is 10.5 Å². The molecule has 0 spiro atoms. The summed E-state index contributed by atoms with van der Waals surface area (Å²) in [5.41, 5.74) is 4.71. The van der Waals surface area contributed by atoms with Crippen molar-refractivity contribution in [1.29, 1.82) is 0 Å². The number of rotatable bonds is 4. The van der Waals surface area contributed by atoms with Crippen molar-refractivity contribution in [2.75, 3.05) is 25.1 Å². The van der Waals surface area contributed by atoms with E-state index in [2.05, 4.69) is 9.97 Å². The second-order valence-electron chi connectivity index (χ2n) is 6.37. The summed E-state index contributed by atoms with van der Waals surface area (Å²) < 4.78 is 21.2. The van der Waals surface area contributed by atoms with E-state index < -0.39 is 22.8 Å². The first-order chi connectivity index (χ1) is 13.4. The van der Waals surface area contributed by atoms with Crippen LogP contribution in [-0.4, -0.2) is 51.9 Å². The van der Waals surface area contributed by atoms with E-state index in [1.807, 2.05) is 0 Å². The molecule has 1 atom stereocenters. The minimum atomic E-state index is -1.42. The number of aromatic nitrogens is 3. The number of hydrogen-bond acceptors (Lipinski definition) is 8. The van der Waals surface area contributed by atoms with Gasteiger partial charge in [0.2, 0.25) is 5.43 Å². The van der Waals surface area contributed by atoms with Crippen LogP contribution in [0.5, 0.6) is 5.06 Å². The number of methoxy groups -OCH3 is 1. The Kier molecular flexibility index (Phi) is 5.73. The third-order valence-electron chi connectivity index (χ3n) is 4.55. The number of nitrogens with two attached hydrogens (primary N) is 1. The first kappa shape index (κ1) is 21.0. The zero-order valence-electron chi connectivity index (χ0n) is 15.2. The molecule has 9 nitrogen and oxygen atoms in total. The highest BCUT2D eigenvalue weighted by Crippen LogP contribution is 2.29. The molecule has 12 heteroatoms. The molecule has 29 heavy (non-hydrogen) atoms. The number of halogens is 2. The van der Waals surface area contributed by atoms with E-state index in [1.165, 1.54) is 17.9 Å². The quantitative estimate of drug-likeness (QED) is 0.626. The van der Waals surface area contributed by atoms with Crippen LogP contribution < -0.4 is 20.8 Å². The maximum Gasteiger partial charge on any atom is 0.341 e. The van der Waals surface area contributed by atoms with Crippen LogP contribution in [0, 0.1) is 5.82 Å². The van der Waals surface area contributed by atoms with Gasteiger partial charge < -0.3 is 20.5 Å². The Morgan fingerprint density at radius 2 is 2.24 bits per heavy atom. The smallest absolute Gasteiger partial charge is 0.341 e. The fourth-order valence-corrected chi connectivity index (χ4v) is 3.88. The largest absolute Gasteiger partial charge is 0.486 e. The molecule has 154 valence electrons. The van der Waals surface area contributed by atoms with E-state index in [1.54, 1.807) is 4.90 Å². The van der Waals surface area contributed by atoms with Gasteiger partial charge in [0, 0.05) is 25.3 Å². The van der Waals surface area contributed by atoms with E-state index >= 15 is 0 Å². The van der Waals surface area contributed by atoms with Crippen LogP contribution in [0.4, 0.5) is 10.2 Å². The van der Waals surface area contributed by atoms with Crippen LogP contribution in [0.2, 0.25) is 0 Å². The number of nitrogens with zero attached hydrogens (tertiary/aromatic N) is 4. The van der Waals surface area contributed by atoms with Gasteiger partial charge in [-0.3, -0.25) is 9.36 Å². The SMILES string of the molecule is COc1cnc(-n2cc(C(=O)O)c(=O)c3cc(F)c(N4CCC(N)C4)nc32)s1.Cl. The number of anilines is 1. The monoisotopic (exact) mass is 441 g/mol. The van der Waals surface area contributed by atoms with Gasteiger partial charge in [-0.2, -0.15) is 0 Å². The van der Waals surface area contributed by atoms with Crippen molar-refractivity contribution in [3.63, 3.8) is 0 Å². The number of fused-ring (bicyclic) bond motifs is 1. The molecule has 1 saturated heterocycles. The molecular formula is C17H17ClFN5O4S. The number of carboxylic acid groups (broad SMARTS) is 1. The first-order valence-electron chi connectivity index (χ1n) is 8.39. The molecule has 1 unspecified atom stereocenters. The van der Waals surface area contributed by atoms with E-state index in [0.29, 0.717) is 29.7 Å². The molecule has 3 aromatic rings. The van der Waals surface area contributed by atoms with Crippen molar-refractivity contribution in [3.8, 4) is 10.2 Å². The minimum Gasteiger partial charge on any atom is -0.486 e. The third-order valence-corrected chi connectivity index (χ3v) is 5.51. The van der Waals surface area contributed by atoms with Gasteiger partial charge in [0.25, 0.3) is 0 Å². The van der Waals surface area contributed by atoms with Gasteiger partial charge in [0.15, 0.2) is 27.5 Å². The third kappa shape index (κ3) is 3.63. The molecule has 4 heterocycles. The van der Waals surface area contributed by atoms with Gasteiger partial charge in [-0.25, -0.2) is 19.2 Å². The maximum absolute atomic E-state index is 14.7. The predicted molar refractivity (Wildman–Crippen MR) is 109 cm³/mol. The van der Waals surface area contributed by atoms with Gasteiger partial charge in [-0.15, -0.1) is 12.4 Å². The highest BCUT2D eigenvalue weighted by Gasteiger charge is 2.26. The molecule has 0 saturated carbocycles. The topological polar surface area (TPSA) is 124 Å². The number of hydrogen-bond donors (Lipinski definition) is 2. The van der Waals surface area contributed by atoms with Crippen LogP contribution >= 0.6 is 23.7 Å². The van der Waals surface area contributed by atoms with Crippen molar-refractivity contribution in [1.82, 2.24) is 14.5 Å². The molecule has 3 N–H and O–H groups in total. The lowest BCUT2D eigenvalue weighted by atomic mass is 10.2. The molecule has 0 bridgehead atoms. The van der Waals surface area contributed by atoms with Crippen molar-refractivity contribution in [2.24, 2.45) is 5.73 Å². The number of thiazole rings is 1. The lowest BCUT2D eigenvalue weighted by Crippen LogP contribution is -2.28. The predicted octanol–water partition coefficient (Wildman–Crippen LogP) is 1.65. The fraction of sp³-hybridized carbons (Fsp3) is 0.294. The lowest BCUT2D eigenvalue weighted by Gasteiger charge is -2.19. The van der Waals surface area contributed by atoms with E-state index in [-0.39, 0.29) is 35.3 Å². The number of carboxylic acids is 1. The Bertz CT molecular complexity index is 1150. The van der Waals surface area contributed by atoms with Crippen LogP contribution in [0.15, 0.2) is 23.3 Å². The van der Waals surface area contributed by atoms with Gasteiger partial charge >= 0.3 is 5.97 Å². The molecule has 1 aliphatic rings. The molecule has 0 radical (unpaired) electrons. The molecule has 1 aliphatic heterocycles. The van der Waals surface area contributed by atoms with Crippen molar-refractivity contribution < 1.29 is 19.0 Å². The van der Waals surface area contributed by atoms with Crippen molar-refractivity contribution >= 4 is 46.6 Å². The Hall–Kier alpha value is -2.76. The summed E-state index contributed by atoms with van der Waals surface area (Å²) in [5.74, 6) is -2.05. The molecule has 0 aliphatic carbocycles. The minimum absolute atomic E-state index is 0. The number of pyridine rings is 2. The molecule has 4 rings (SSSR count). The highest BCUT2D eigenvalue weighted by atomic mass is 35.5. The van der Waals surface area contributed by atoms with Gasteiger partial charge in [-0.1, -0.05) is 11.3 Å². The summed E-state index contributed by atoms with van der Waals surface area (Å²) in [6.45, 7) is 0.983. The van der Waals surface area contributed by atoms with Crippen molar-refractivity contribution in [2.45, 2.75) is 12.5 Å². The molecule has 1 fully saturated rings. The molecular weight excluding hydrogens is 425 g/mol. The second kappa shape index (κ2) is 7.93. The Morgan fingerprint density at radius 1 is 1.48 bits per heavy atom. The van der Waals surface area contributed by atoms with Crippen molar-refractivity contribution in [3.05, 3.63) is 40.1 Å². The standard InChI is InChI=1S/C17H16FN5O4S.ClH/c1-27-12-5-20-17(28-12)23-7-10(16(25)26)13(24)9-4-11(18)15(21-14(9)23)22-3-2-8(19)6-22;/h4-5,7-8H,2-3,6,19H2,1H3,(H,25,26);1H. The average Bonchev–Trinajstić information content (AvgIpc) is 3.30. The van der Waals surface area contributed by atoms with Crippen LogP contribution in [0.1, 0.15) is 16.8 Å². The number of carbonyl (C=O) groups is 1. The van der Waals surface area contributed by atoms with E-state index in [0.717, 1.165) is 23.6 Å². The van der Waals surface area contributed by atoms with Gasteiger partial charge in [0.05, 0.1) is 18.7 Å². The summed E-state index contributed by atoms with van der Waals surface area (Å²) in [7, 11) is 1.48. The van der Waals surface area contributed by atoms with Crippen LogP contribution in [0.25, 0.3) is 16.2 Å². The summed E-state index contributed by atoms with van der Waals surface area (Å²) >= 11 is 1.14. The van der Waals surface area contributed by atoms with Gasteiger partial charge in [0.1, 0.15) is 5.56 Å². The Balaban J connectivity index is 0.00000240. The highest BCUT2D eigenvalue weighted by molar-refractivity contribution is 7.15. The Morgan fingerprint density at radius 3 is 2.83 bits per heavy atom. The van der Waals surface area contributed by atoms with Crippen LogP contribution in [0.3, 0.4) is 0 Å². The summed E-state index contributed by atoms with van der Waals surface area (Å²) in [6, 6.07) is 0.939. The maximum atomic E-state index is 14.7. The number of aromatic carboxylic acids is 1. The molecule has 3 aromatic heterocycles. The normalized spacial score (nSPS) is 16.1. The average molecular weight is 442 g/mol. The zero-order chi connectivity index (χ0) is 20.0. The molecule has 0 amide bonds. The summed E-state index contributed by atoms with van der Waals surface area (Å²) in [4.78, 5) is 34.4. The lowest BCUT2D eigenvalue weighted by molar-refractivity contribution is 0.0695. The first-order valence-corrected chi connectivity index (χ1v) is 9.20.